The SMILES string of the molecule is COCCNC(=O)[C@@H](c1ccccc1C)N(C(=O)Cn1nnc2ccccc21)c1ccc(C)c(F)c1. The minimum Gasteiger partial charge on any atom is -0.383 e. The first-order valence-corrected chi connectivity index (χ1v) is 11.6. The van der Waals surface area contributed by atoms with Crippen molar-refractivity contribution >= 4 is 28.5 Å². The molecule has 1 aromatic heterocycles. The molecule has 1 heterocycles. The van der Waals surface area contributed by atoms with Crippen molar-refractivity contribution in [3.05, 3.63) is 89.2 Å². The van der Waals surface area contributed by atoms with E-state index < -0.39 is 23.7 Å². The highest BCUT2D eigenvalue weighted by Gasteiger charge is 2.34. The van der Waals surface area contributed by atoms with Crippen LogP contribution in [-0.4, -0.2) is 47.1 Å². The highest BCUT2D eigenvalue weighted by atomic mass is 19.1. The molecular weight excluding hydrogens is 461 g/mol. The molecule has 2 amide bonds. The van der Waals surface area contributed by atoms with E-state index in [0.717, 1.165) is 5.56 Å². The number of fused-ring (bicyclic) bond motifs is 1. The molecule has 9 heteroatoms. The Morgan fingerprint density at radius 3 is 2.56 bits per heavy atom. The topological polar surface area (TPSA) is 89.4 Å². The molecule has 1 N–H and O–H groups in total. The Labute approximate surface area is 208 Å². The molecule has 0 fully saturated rings. The first-order chi connectivity index (χ1) is 17.4. The average Bonchev–Trinajstić information content (AvgIpc) is 3.27. The number of rotatable bonds is 9. The van der Waals surface area contributed by atoms with Crippen LogP contribution in [-0.2, 0) is 20.9 Å². The molecule has 0 radical (unpaired) electrons. The zero-order chi connectivity index (χ0) is 25.7. The minimum absolute atomic E-state index is 0.191. The predicted octanol–water partition coefficient (Wildman–Crippen LogP) is 3.72. The lowest BCUT2D eigenvalue weighted by Crippen LogP contribution is -2.46. The van der Waals surface area contributed by atoms with Crippen molar-refractivity contribution in [2.24, 2.45) is 0 Å². The summed E-state index contributed by atoms with van der Waals surface area (Å²) in [5, 5.41) is 11.1. The van der Waals surface area contributed by atoms with Crippen LogP contribution in [0.3, 0.4) is 0 Å². The number of nitrogens with zero attached hydrogens (tertiary/aromatic N) is 4. The van der Waals surface area contributed by atoms with Crippen LogP contribution in [0.25, 0.3) is 11.0 Å². The van der Waals surface area contributed by atoms with Crippen molar-refractivity contribution in [1.29, 1.82) is 0 Å². The number of aryl methyl sites for hydroxylation is 2. The summed E-state index contributed by atoms with van der Waals surface area (Å²) in [6, 6.07) is 18.1. The molecule has 186 valence electrons. The standard InChI is InChI=1S/C27H28FN5O3/c1-18-8-4-5-9-21(18)26(27(35)29-14-15-36-3)33(20-13-12-19(2)22(28)16-20)25(34)17-32-24-11-7-6-10-23(24)30-31-32/h4-13,16,26H,14-15,17H2,1-3H3,(H,29,35)/t26-/m1/s1. The van der Waals surface area contributed by atoms with Gasteiger partial charge in [0.15, 0.2) is 0 Å². The third-order valence-corrected chi connectivity index (χ3v) is 6.00. The van der Waals surface area contributed by atoms with Crippen LogP contribution in [0.5, 0.6) is 0 Å². The summed E-state index contributed by atoms with van der Waals surface area (Å²) in [6.45, 7) is 3.89. The number of hydrogen-bond donors (Lipinski definition) is 1. The van der Waals surface area contributed by atoms with E-state index in [-0.39, 0.29) is 18.8 Å². The predicted molar refractivity (Wildman–Crippen MR) is 135 cm³/mol. The van der Waals surface area contributed by atoms with Gasteiger partial charge in [0.05, 0.1) is 12.1 Å². The molecule has 4 rings (SSSR count). The van der Waals surface area contributed by atoms with Gasteiger partial charge in [0.1, 0.15) is 23.9 Å². The lowest BCUT2D eigenvalue weighted by molar-refractivity contribution is -0.127. The molecule has 4 aromatic rings. The van der Waals surface area contributed by atoms with Crippen molar-refractivity contribution < 1.29 is 18.7 Å². The quantitative estimate of drug-likeness (QED) is 0.362. The largest absolute Gasteiger partial charge is 0.383 e. The second-order valence-corrected chi connectivity index (χ2v) is 8.48. The average molecular weight is 490 g/mol. The van der Waals surface area contributed by atoms with Gasteiger partial charge in [-0.15, -0.1) is 5.10 Å². The van der Waals surface area contributed by atoms with Gasteiger partial charge in [-0.05, 0) is 54.8 Å². The molecule has 0 aliphatic carbocycles. The van der Waals surface area contributed by atoms with E-state index in [1.54, 1.807) is 44.4 Å². The van der Waals surface area contributed by atoms with Gasteiger partial charge in [-0.1, -0.05) is 47.7 Å². The minimum atomic E-state index is -1.05. The number of carbonyl (C=O) groups is 2. The number of nitrogens with one attached hydrogen (secondary N) is 1. The summed E-state index contributed by atoms with van der Waals surface area (Å²) >= 11 is 0. The van der Waals surface area contributed by atoms with E-state index in [4.69, 9.17) is 4.74 Å². The zero-order valence-corrected chi connectivity index (χ0v) is 20.4. The van der Waals surface area contributed by atoms with Crippen LogP contribution < -0.4 is 10.2 Å². The molecule has 0 spiro atoms. The van der Waals surface area contributed by atoms with Crippen LogP contribution in [0.15, 0.2) is 66.7 Å². The number of benzene rings is 3. The number of carbonyl (C=O) groups excluding carboxylic acids is 2. The Balaban J connectivity index is 1.81. The Bertz CT molecular complexity index is 1390. The maximum Gasteiger partial charge on any atom is 0.249 e. The highest BCUT2D eigenvalue weighted by molar-refractivity contribution is 6.01. The van der Waals surface area contributed by atoms with Crippen LogP contribution in [0, 0.1) is 19.7 Å². The number of aromatic nitrogens is 3. The van der Waals surface area contributed by atoms with Crippen molar-refractivity contribution in [2.45, 2.75) is 26.4 Å². The van der Waals surface area contributed by atoms with Crippen molar-refractivity contribution in [3.8, 4) is 0 Å². The first-order valence-electron chi connectivity index (χ1n) is 11.6. The summed E-state index contributed by atoms with van der Waals surface area (Å²) < 4.78 is 21.3. The molecule has 0 aliphatic heterocycles. The van der Waals surface area contributed by atoms with E-state index in [0.29, 0.717) is 28.8 Å². The van der Waals surface area contributed by atoms with Gasteiger partial charge in [0, 0.05) is 19.3 Å². The maximum atomic E-state index is 14.7. The molecule has 1 atom stereocenters. The third-order valence-electron chi connectivity index (χ3n) is 6.00. The molecule has 0 aliphatic rings. The van der Waals surface area contributed by atoms with Gasteiger partial charge in [0.25, 0.3) is 0 Å². The Morgan fingerprint density at radius 2 is 1.81 bits per heavy atom. The van der Waals surface area contributed by atoms with Crippen molar-refractivity contribution in [2.75, 3.05) is 25.2 Å². The molecule has 3 aromatic carbocycles. The molecule has 0 bridgehead atoms. The van der Waals surface area contributed by atoms with Gasteiger partial charge < -0.3 is 10.1 Å². The van der Waals surface area contributed by atoms with Crippen LogP contribution >= 0.6 is 0 Å². The summed E-state index contributed by atoms with van der Waals surface area (Å²) in [5.74, 6) is -1.32. The normalized spacial score (nSPS) is 11.9. The second kappa shape index (κ2) is 11.1. The number of anilines is 1. The van der Waals surface area contributed by atoms with E-state index in [1.165, 1.54) is 15.6 Å². The monoisotopic (exact) mass is 489 g/mol. The van der Waals surface area contributed by atoms with Gasteiger partial charge in [-0.3, -0.25) is 14.5 Å². The van der Waals surface area contributed by atoms with Gasteiger partial charge in [-0.2, -0.15) is 0 Å². The van der Waals surface area contributed by atoms with Crippen molar-refractivity contribution in [1.82, 2.24) is 20.3 Å². The lowest BCUT2D eigenvalue weighted by atomic mass is 9.98. The van der Waals surface area contributed by atoms with Crippen LogP contribution in [0.1, 0.15) is 22.7 Å². The van der Waals surface area contributed by atoms with Crippen LogP contribution in [0.4, 0.5) is 10.1 Å². The number of ether oxygens (including phenoxy) is 1. The molecule has 0 saturated carbocycles. The number of amides is 2. The highest BCUT2D eigenvalue weighted by Crippen LogP contribution is 2.31. The van der Waals surface area contributed by atoms with E-state index >= 15 is 0 Å². The fraction of sp³-hybridized carbons (Fsp3) is 0.259. The zero-order valence-electron chi connectivity index (χ0n) is 20.4. The Kier molecular flexibility index (Phi) is 7.70. The van der Waals surface area contributed by atoms with Crippen molar-refractivity contribution in [3.63, 3.8) is 0 Å². The van der Waals surface area contributed by atoms with E-state index in [9.17, 15) is 14.0 Å². The second-order valence-electron chi connectivity index (χ2n) is 8.48. The first kappa shape index (κ1) is 25.0. The van der Waals surface area contributed by atoms with Gasteiger partial charge in [-0.25, -0.2) is 9.07 Å². The molecule has 0 saturated heterocycles. The molecule has 36 heavy (non-hydrogen) atoms. The fourth-order valence-corrected chi connectivity index (χ4v) is 4.07. The Hall–Kier alpha value is -4.11. The summed E-state index contributed by atoms with van der Waals surface area (Å²) in [7, 11) is 1.54. The number of methoxy groups -OCH3 is 1. The lowest BCUT2D eigenvalue weighted by Gasteiger charge is -2.32. The number of halogens is 1. The molecular formula is C27H28FN5O3. The molecule has 0 unspecified atom stereocenters. The van der Waals surface area contributed by atoms with E-state index in [2.05, 4.69) is 15.6 Å². The summed E-state index contributed by atoms with van der Waals surface area (Å²) in [6.07, 6.45) is 0. The van der Waals surface area contributed by atoms with Crippen LogP contribution in [0.2, 0.25) is 0 Å². The Morgan fingerprint density at radius 1 is 1.06 bits per heavy atom. The summed E-state index contributed by atoms with van der Waals surface area (Å²) in [4.78, 5) is 28.8. The maximum absolute atomic E-state index is 14.7. The van der Waals surface area contributed by atoms with Gasteiger partial charge >= 0.3 is 0 Å². The molecule has 8 nitrogen and oxygen atoms in total. The third kappa shape index (κ3) is 5.26. The number of para-hydroxylation sites is 1. The smallest absolute Gasteiger partial charge is 0.249 e. The number of hydrogen-bond acceptors (Lipinski definition) is 5. The summed E-state index contributed by atoms with van der Waals surface area (Å²) in [5.41, 5.74) is 3.48. The van der Waals surface area contributed by atoms with Gasteiger partial charge in [0.2, 0.25) is 11.8 Å². The fourth-order valence-electron chi connectivity index (χ4n) is 4.07. The van der Waals surface area contributed by atoms with E-state index in [1.807, 2.05) is 37.3 Å².